The molecule has 148 valence electrons. The number of rotatable bonds is 7. The molecule has 0 radical (unpaired) electrons. The first-order chi connectivity index (χ1) is 13.3. The fourth-order valence-electron chi connectivity index (χ4n) is 2.51. The Morgan fingerprint density at radius 2 is 1.93 bits per heavy atom. The lowest BCUT2D eigenvalue weighted by Gasteiger charge is -2.14. The smallest absolute Gasteiger partial charge is 0.238 e. The molecular weight excluding hydrogens is 392 g/mol. The molecule has 0 spiro atoms. The highest BCUT2D eigenvalue weighted by Gasteiger charge is 2.19. The van der Waals surface area contributed by atoms with Gasteiger partial charge in [0.15, 0.2) is 4.34 Å². The minimum Gasteiger partial charge on any atom is -0.330 e. The molecule has 1 amide bonds. The summed E-state index contributed by atoms with van der Waals surface area (Å²) in [6.45, 7) is 10.1. The number of hydrogen-bond acceptors (Lipinski definition) is 7. The monoisotopic (exact) mass is 416 g/mol. The van der Waals surface area contributed by atoms with E-state index in [1.807, 2.05) is 26.8 Å². The molecule has 0 aliphatic carbocycles. The van der Waals surface area contributed by atoms with Crippen LogP contribution < -0.4 is 10.6 Å². The highest BCUT2D eigenvalue weighted by Crippen LogP contribution is 2.31. The predicted molar refractivity (Wildman–Crippen MR) is 116 cm³/mol. The summed E-state index contributed by atoms with van der Waals surface area (Å²) in [5.74, 6) is 0.605. The Bertz CT molecular complexity index is 965. The summed E-state index contributed by atoms with van der Waals surface area (Å²) in [7, 11) is 0. The van der Waals surface area contributed by atoms with Crippen LogP contribution in [0.1, 0.15) is 37.9 Å². The zero-order chi connectivity index (χ0) is 20.3. The Morgan fingerprint density at radius 3 is 2.64 bits per heavy atom. The Kier molecular flexibility index (Phi) is 6.35. The predicted octanol–water partition coefficient (Wildman–Crippen LogP) is 4.80. The third kappa shape index (κ3) is 4.90. The number of carbonyl (C=O) groups is 1. The summed E-state index contributed by atoms with van der Waals surface area (Å²) in [6, 6.07) is 8.15. The Labute approximate surface area is 173 Å². The molecule has 3 rings (SSSR count). The quantitative estimate of drug-likeness (QED) is 0.539. The second-order valence-corrected chi connectivity index (χ2v) is 9.37. The van der Waals surface area contributed by atoms with Crippen molar-refractivity contribution >= 4 is 45.6 Å². The van der Waals surface area contributed by atoms with E-state index < -0.39 is 0 Å². The number of hydrogen-bond donors (Lipinski definition) is 2. The van der Waals surface area contributed by atoms with Crippen molar-refractivity contribution in [1.82, 2.24) is 20.0 Å². The molecule has 2 heterocycles. The summed E-state index contributed by atoms with van der Waals surface area (Å²) in [6.07, 6.45) is 1.68. The summed E-state index contributed by atoms with van der Waals surface area (Å²) in [5.41, 5.74) is 3.44. The molecule has 0 saturated heterocycles. The van der Waals surface area contributed by atoms with Crippen molar-refractivity contribution in [2.75, 3.05) is 10.6 Å². The van der Waals surface area contributed by atoms with Crippen molar-refractivity contribution in [3.8, 4) is 0 Å². The normalized spacial score (nSPS) is 12.2. The Balaban J connectivity index is 1.60. The van der Waals surface area contributed by atoms with Gasteiger partial charge in [-0.2, -0.15) is 5.10 Å². The van der Waals surface area contributed by atoms with Gasteiger partial charge in [-0.1, -0.05) is 29.2 Å². The van der Waals surface area contributed by atoms with Crippen molar-refractivity contribution in [1.29, 1.82) is 0 Å². The minimum atomic E-state index is -0.307. The van der Waals surface area contributed by atoms with Crippen molar-refractivity contribution < 1.29 is 4.79 Å². The van der Waals surface area contributed by atoms with E-state index in [1.54, 1.807) is 16.9 Å². The number of amides is 1. The van der Waals surface area contributed by atoms with Crippen LogP contribution in [0, 0.1) is 13.8 Å². The van der Waals surface area contributed by atoms with Gasteiger partial charge in [0.05, 0.1) is 11.4 Å². The topological polar surface area (TPSA) is 84.7 Å². The van der Waals surface area contributed by atoms with Crippen LogP contribution in [-0.2, 0) is 4.79 Å². The molecule has 1 atom stereocenters. The van der Waals surface area contributed by atoms with Gasteiger partial charge in [-0.25, -0.2) is 4.68 Å². The van der Waals surface area contributed by atoms with Gasteiger partial charge < -0.3 is 10.6 Å². The van der Waals surface area contributed by atoms with Gasteiger partial charge in [0.2, 0.25) is 11.0 Å². The minimum absolute atomic E-state index is 0.0914. The third-order valence-electron chi connectivity index (χ3n) is 4.22. The van der Waals surface area contributed by atoms with E-state index in [4.69, 9.17) is 0 Å². The van der Waals surface area contributed by atoms with Gasteiger partial charge in [-0.3, -0.25) is 4.79 Å². The second-order valence-electron chi connectivity index (χ2n) is 6.80. The standard InChI is InChI=1S/C19H24N6OS2/c1-11(2)25-16(8-9-20-25)22-17(26)14(5)27-19-24-23-18(28-19)21-15-7-6-12(3)13(4)10-15/h6-11,14H,1-5H3,(H,21,23)(H,22,26). The summed E-state index contributed by atoms with van der Waals surface area (Å²) in [5, 5.41) is 19.2. The number of aromatic nitrogens is 4. The van der Waals surface area contributed by atoms with Crippen LogP contribution in [0.4, 0.5) is 16.6 Å². The number of nitrogens with one attached hydrogen (secondary N) is 2. The van der Waals surface area contributed by atoms with Crippen molar-refractivity contribution in [3.63, 3.8) is 0 Å². The van der Waals surface area contributed by atoms with Crippen LogP contribution in [0.2, 0.25) is 0 Å². The molecule has 0 saturated carbocycles. The SMILES string of the molecule is Cc1ccc(Nc2nnc(SC(C)C(=O)Nc3ccnn3C(C)C)s2)cc1C. The molecule has 1 aromatic carbocycles. The summed E-state index contributed by atoms with van der Waals surface area (Å²) >= 11 is 2.82. The fraction of sp³-hybridized carbons (Fsp3) is 0.368. The molecule has 2 aromatic heterocycles. The largest absolute Gasteiger partial charge is 0.330 e. The van der Waals surface area contributed by atoms with E-state index in [9.17, 15) is 4.79 Å². The zero-order valence-electron chi connectivity index (χ0n) is 16.6. The van der Waals surface area contributed by atoms with Crippen LogP contribution in [0.25, 0.3) is 0 Å². The highest BCUT2D eigenvalue weighted by atomic mass is 32.2. The van der Waals surface area contributed by atoms with Gasteiger partial charge >= 0.3 is 0 Å². The number of benzene rings is 1. The lowest BCUT2D eigenvalue weighted by Crippen LogP contribution is -2.24. The van der Waals surface area contributed by atoms with E-state index in [0.717, 1.165) is 10.0 Å². The summed E-state index contributed by atoms with van der Waals surface area (Å²) in [4.78, 5) is 12.5. The first-order valence-corrected chi connectivity index (χ1v) is 10.7. The molecule has 9 heteroatoms. The molecule has 1 unspecified atom stereocenters. The van der Waals surface area contributed by atoms with Crippen LogP contribution in [0.3, 0.4) is 0 Å². The van der Waals surface area contributed by atoms with Gasteiger partial charge in [-0.05, 0) is 57.9 Å². The van der Waals surface area contributed by atoms with Gasteiger partial charge in [0.1, 0.15) is 5.82 Å². The van der Waals surface area contributed by atoms with E-state index >= 15 is 0 Å². The Hall–Kier alpha value is -2.39. The van der Waals surface area contributed by atoms with E-state index in [0.29, 0.717) is 10.9 Å². The van der Waals surface area contributed by atoms with Gasteiger partial charge in [-0.15, -0.1) is 10.2 Å². The average Bonchev–Trinajstić information content (AvgIpc) is 3.27. The van der Waals surface area contributed by atoms with Crippen LogP contribution in [0.15, 0.2) is 34.8 Å². The molecule has 28 heavy (non-hydrogen) atoms. The molecular formula is C19H24N6OS2. The maximum absolute atomic E-state index is 12.5. The zero-order valence-corrected chi connectivity index (χ0v) is 18.2. The van der Waals surface area contributed by atoms with Crippen LogP contribution in [0.5, 0.6) is 0 Å². The number of anilines is 3. The van der Waals surface area contributed by atoms with Crippen molar-refractivity contribution in [2.45, 2.75) is 50.3 Å². The van der Waals surface area contributed by atoms with Crippen molar-refractivity contribution in [3.05, 3.63) is 41.6 Å². The number of thioether (sulfide) groups is 1. The fourth-order valence-corrected chi connectivity index (χ4v) is 4.42. The number of carbonyl (C=O) groups excluding carboxylic acids is 1. The van der Waals surface area contributed by atoms with Gasteiger partial charge in [0.25, 0.3) is 0 Å². The second kappa shape index (κ2) is 8.74. The average molecular weight is 417 g/mol. The lowest BCUT2D eigenvalue weighted by atomic mass is 10.1. The maximum atomic E-state index is 12.5. The molecule has 0 fully saturated rings. The first-order valence-electron chi connectivity index (χ1n) is 9.02. The number of nitrogens with zero attached hydrogens (tertiary/aromatic N) is 4. The summed E-state index contributed by atoms with van der Waals surface area (Å²) < 4.78 is 2.53. The molecule has 0 bridgehead atoms. The highest BCUT2D eigenvalue weighted by molar-refractivity contribution is 8.02. The third-order valence-corrected chi connectivity index (χ3v) is 6.25. The molecule has 0 aliphatic rings. The van der Waals surface area contributed by atoms with E-state index in [-0.39, 0.29) is 17.2 Å². The molecule has 3 aromatic rings. The van der Waals surface area contributed by atoms with Crippen LogP contribution in [-0.4, -0.2) is 31.1 Å². The van der Waals surface area contributed by atoms with Gasteiger partial charge in [0, 0.05) is 17.8 Å². The number of aryl methyl sites for hydroxylation is 2. The maximum Gasteiger partial charge on any atom is 0.238 e. The van der Waals surface area contributed by atoms with Crippen molar-refractivity contribution in [2.24, 2.45) is 0 Å². The molecule has 7 nitrogen and oxygen atoms in total. The van der Waals surface area contributed by atoms with E-state index in [1.165, 1.54) is 34.2 Å². The Morgan fingerprint density at radius 1 is 1.14 bits per heavy atom. The lowest BCUT2D eigenvalue weighted by molar-refractivity contribution is -0.115. The molecule has 0 aliphatic heterocycles. The molecule has 2 N–H and O–H groups in total. The van der Waals surface area contributed by atoms with Crippen LogP contribution >= 0.6 is 23.1 Å². The first kappa shape index (κ1) is 20.3. The van der Waals surface area contributed by atoms with E-state index in [2.05, 4.69) is 51.9 Å².